The van der Waals surface area contributed by atoms with E-state index in [1.807, 2.05) is 67.6 Å². The molecular weight excluding hydrogens is 452 g/mol. The maximum absolute atomic E-state index is 13.4. The first-order valence-corrected chi connectivity index (χ1v) is 12.7. The lowest BCUT2D eigenvalue weighted by atomic mass is 9.99. The number of aromatic nitrogens is 1. The van der Waals surface area contributed by atoms with Crippen molar-refractivity contribution in [3.63, 3.8) is 0 Å². The molecule has 7 nitrogen and oxygen atoms in total. The van der Waals surface area contributed by atoms with E-state index in [1.165, 1.54) is 0 Å². The zero-order valence-corrected chi connectivity index (χ0v) is 20.8. The number of rotatable bonds is 9. The Morgan fingerprint density at radius 2 is 1.86 bits per heavy atom. The number of carbonyl (C=O) groups is 3. The molecule has 36 heavy (non-hydrogen) atoms. The minimum absolute atomic E-state index is 0.0193. The lowest BCUT2D eigenvalue weighted by Gasteiger charge is -2.31. The predicted molar refractivity (Wildman–Crippen MR) is 140 cm³/mol. The summed E-state index contributed by atoms with van der Waals surface area (Å²) in [5, 5.41) is 7.07. The van der Waals surface area contributed by atoms with Crippen LogP contribution in [-0.2, 0) is 16.1 Å². The van der Waals surface area contributed by atoms with Crippen LogP contribution in [0.15, 0.2) is 66.7 Å². The summed E-state index contributed by atoms with van der Waals surface area (Å²) in [4.78, 5) is 45.0. The molecular formula is C29H34N4O3. The molecule has 2 N–H and O–H groups in total. The molecule has 188 valence electrons. The fraction of sp³-hybridized carbons (Fsp3) is 0.379. The molecule has 0 bridgehead atoms. The van der Waals surface area contributed by atoms with Crippen LogP contribution in [0.1, 0.15) is 48.7 Å². The molecule has 1 aliphatic heterocycles. The third-order valence-corrected chi connectivity index (χ3v) is 6.67. The van der Waals surface area contributed by atoms with Crippen LogP contribution in [0.3, 0.4) is 0 Å². The van der Waals surface area contributed by atoms with Gasteiger partial charge in [0.25, 0.3) is 5.91 Å². The first-order valence-electron chi connectivity index (χ1n) is 12.7. The Hall–Kier alpha value is -3.58. The second-order valence-corrected chi connectivity index (χ2v) is 9.55. The average molecular weight is 487 g/mol. The van der Waals surface area contributed by atoms with Gasteiger partial charge in [0.1, 0.15) is 5.69 Å². The number of carbonyl (C=O) groups excluding carboxylic acids is 3. The lowest BCUT2D eigenvalue weighted by molar-refractivity contribution is -0.140. The molecule has 1 aliphatic rings. The molecule has 1 unspecified atom stereocenters. The van der Waals surface area contributed by atoms with Gasteiger partial charge in [-0.3, -0.25) is 14.4 Å². The van der Waals surface area contributed by atoms with Crippen molar-refractivity contribution in [2.75, 3.05) is 19.6 Å². The summed E-state index contributed by atoms with van der Waals surface area (Å²) in [6.45, 7) is 3.97. The number of ketones is 1. The number of para-hydroxylation sites is 1. The Labute approximate surface area is 212 Å². The summed E-state index contributed by atoms with van der Waals surface area (Å²) in [6, 6.07) is 20.7. The number of pyridine rings is 1. The average Bonchev–Trinajstić information content (AvgIpc) is 3.11. The van der Waals surface area contributed by atoms with Crippen LogP contribution in [-0.4, -0.2) is 53.2 Å². The summed E-state index contributed by atoms with van der Waals surface area (Å²) in [5.41, 5.74) is 2.18. The Kier molecular flexibility index (Phi) is 8.79. The Morgan fingerprint density at radius 1 is 1.08 bits per heavy atom. The number of fused-ring (bicyclic) bond motifs is 1. The zero-order chi connectivity index (χ0) is 25.3. The van der Waals surface area contributed by atoms with E-state index in [9.17, 15) is 14.4 Å². The van der Waals surface area contributed by atoms with E-state index >= 15 is 0 Å². The van der Waals surface area contributed by atoms with E-state index in [4.69, 9.17) is 0 Å². The van der Waals surface area contributed by atoms with Gasteiger partial charge in [-0.15, -0.1) is 0 Å². The van der Waals surface area contributed by atoms with Crippen molar-refractivity contribution in [1.82, 2.24) is 20.5 Å². The molecule has 2 amide bonds. The standard InChI is InChI=1S/C29H34N4O3/c1-21(15-17-31-29(36)25-14-13-23-10-5-6-11-24(23)32-25)18-28(35)33(20-22-8-3-2-4-9-22)26-12-7-16-30-19-27(26)34/h2-6,8-11,13-14,21,26,30H,7,12,15-20H2,1H3,(H,31,36)/t21-,26?/m0/s1. The van der Waals surface area contributed by atoms with Crippen LogP contribution in [0.5, 0.6) is 0 Å². The van der Waals surface area contributed by atoms with Gasteiger partial charge < -0.3 is 15.5 Å². The van der Waals surface area contributed by atoms with Crippen molar-refractivity contribution < 1.29 is 14.4 Å². The highest BCUT2D eigenvalue weighted by molar-refractivity contribution is 5.94. The van der Waals surface area contributed by atoms with Crippen molar-refractivity contribution in [1.29, 1.82) is 0 Å². The molecule has 7 heteroatoms. The fourth-order valence-electron chi connectivity index (χ4n) is 4.63. The smallest absolute Gasteiger partial charge is 0.269 e. The minimum Gasteiger partial charge on any atom is -0.351 e. The number of nitrogens with one attached hydrogen (secondary N) is 2. The highest BCUT2D eigenvalue weighted by Crippen LogP contribution is 2.19. The van der Waals surface area contributed by atoms with E-state index < -0.39 is 6.04 Å². The Balaban J connectivity index is 1.33. The normalized spacial score (nSPS) is 16.8. The predicted octanol–water partition coefficient (Wildman–Crippen LogP) is 3.73. The third-order valence-electron chi connectivity index (χ3n) is 6.67. The van der Waals surface area contributed by atoms with E-state index in [1.54, 1.807) is 11.0 Å². The SMILES string of the molecule is C[C@@H](CCNC(=O)c1ccc2ccccc2n1)CC(=O)N(Cc1ccccc1)C1CCCNCC1=O. The molecule has 1 saturated heterocycles. The molecule has 0 radical (unpaired) electrons. The Bertz CT molecular complexity index is 1200. The largest absolute Gasteiger partial charge is 0.351 e. The number of hydrogen-bond acceptors (Lipinski definition) is 5. The van der Waals surface area contributed by atoms with Gasteiger partial charge in [-0.2, -0.15) is 0 Å². The lowest BCUT2D eigenvalue weighted by Crippen LogP contribution is -2.46. The van der Waals surface area contributed by atoms with Gasteiger partial charge >= 0.3 is 0 Å². The summed E-state index contributed by atoms with van der Waals surface area (Å²) >= 11 is 0. The molecule has 1 aromatic heterocycles. The maximum atomic E-state index is 13.4. The molecule has 4 rings (SSSR count). The van der Waals surface area contributed by atoms with Gasteiger partial charge in [-0.05, 0) is 49.4 Å². The van der Waals surface area contributed by atoms with E-state index in [0.717, 1.165) is 29.4 Å². The fourth-order valence-corrected chi connectivity index (χ4v) is 4.63. The Morgan fingerprint density at radius 3 is 2.69 bits per heavy atom. The number of benzene rings is 2. The van der Waals surface area contributed by atoms with Crippen molar-refractivity contribution in [3.8, 4) is 0 Å². The van der Waals surface area contributed by atoms with Crippen molar-refractivity contribution in [2.45, 2.75) is 45.2 Å². The van der Waals surface area contributed by atoms with E-state index in [2.05, 4.69) is 15.6 Å². The molecule has 2 aromatic carbocycles. The van der Waals surface area contributed by atoms with Gasteiger partial charge in [0, 0.05) is 24.9 Å². The van der Waals surface area contributed by atoms with E-state index in [-0.39, 0.29) is 23.5 Å². The molecule has 1 fully saturated rings. The van der Waals surface area contributed by atoms with Crippen LogP contribution in [0, 0.1) is 5.92 Å². The molecule has 0 spiro atoms. The number of amides is 2. The van der Waals surface area contributed by atoms with Crippen molar-refractivity contribution in [3.05, 3.63) is 78.0 Å². The number of hydrogen-bond donors (Lipinski definition) is 2. The van der Waals surface area contributed by atoms with Gasteiger partial charge in [0.15, 0.2) is 5.78 Å². The molecule has 0 aliphatic carbocycles. The van der Waals surface area contributed by atoms with Crippen molar-refractivity contribution in [2.24, 2.45) is 5.92 Å². The second-order valence-electron chi connectivity index (χ2n) is 9.55. The maximum Gasteiger partial charge on any atom is 0.269 e. The van der Waals surface area contributed by atoms with Crippen LogP contribution in [0.4, 0.5) is 0 Å². The van der Waals surface area contributed by atoms with Gasteiger partial charge in [0.2, 0.25) is 5.91 Å². The quantitative estimate of drug-likeness (QED) is 0.481. The summed E-state index contributed by atoms with van der Waals surface area (Å²) in [7, 11) is 0. The monoisotopic (exact) mass is 486 g/mol. The zero-order valence-electron chi connectivity index (χ0n) is 20.8. The number of Topliss-reactive ketones (excluding diaryl/α,β-unsaturated/α-hetero) is 1. The van der Waals surface area contributed by atoms with Gasteiger partial charge in [-0.1, -0.05) is 61.5 Å². The molecule has 0 saturated carbocycles. The van der Waals surface area contributed by atoms with Crippen LogP contribution in [0.2, 0.25) is 0 Å². The number of nitrogens with zero attached hydrogens (tertiary/aromatic N) is 2. The summed E-state index contributed by atoms with van der Waals surface area (Å²) < 4.78 is 0. The first kappa shape index (κ1) is 25.5. The van der Waals surface area contributed by atoms with Gasteiger partial charge in [0.05, 0.1) is 18.1 Å². The molecule has 3 aromatic rings. The second kappa shape index (κ2) is 12.4. The van der Waals surface area contributed by atoms with Crippen molar-refractivity contribution >= 4 is 28.5 Å². The third kappa shape index (κ3) is 6.76. The highest BCUT2D eigenvalue weighted by Gasteiger charge is 2.31. The van der Waals surface area contributed by atoms with Crippen LogP contribution in [0.25, 0.3) is 10.9 Å². The van der Waals surface area contributed by atoms with E-state index in [0.29, 0.717) is 44.6 Å². The summed E-state index contributed by atoms with van der Waals surface area (Å²) in [5.74, 6) is -0.116. The summed E-state index contributed by atoms with van der Waals surface area (Å²) in [6.07, 6.45) is 2.52. The highest BCUT2D eigenvalue weighted by atomic mass is 16.2. The molecule has 2 atom stereocenters. The van der Waals surface area contributed by atoms with Gasteiger partial charge in [-0.25, -0.2) is 4.98 Å². The van der Waals surface area contributed by atoms with Crippen LogP contribution < -0.4 is 10.6 Å². The first-order chi connectivity index (χ1) is 17.5. The molecule has 2 heterocycles. The van der Waals surface area contributed by atoms with Crippen LogP contribution >= 0.6 is 0 Å². The minimum atomic E-state index is -0.404. The topological polar surface area (TPSA) is 91.4 Å².